The van der Waals surface area contributed by atoms with Crippen LogP contribution in [0.4, 0.5) is 5.69 Å². The molecule has 2 aliphatic heterocycles. The van der Waals surface area contributed by atoms with Gasteiger partial charge in [-0.05, 0) is 66.6 Å². The summed E-state index contributed by atoms with van der Waals surface area (Å²) in [7, 11) is 0. The largest absolute Gasteiger partial charge is 0.463 e. The maximum atomic E-state index is 6.87. The van der Waals surface area contributed by atoms with Crippen LogP contribution in [0.2, 0.25) is 0 Å². The molecule has 3 aromatic rings. The fourth-order valence-electron chi connectivity index (χ4n) is 4.73. The summed E-state index contributed by atoms with van der Waals surface area (Å²) >= 11 is 3.64. The second-order valence-electron chi connectivity index (χ2n) is 8.02. The van der Waals surface area contributed by atoms with Crippen molar-refractivity contribution in [1.29, 1.82) is 0 Å². The van der Waals surface area contributed by atoms with Gasteiger partial charge < -0.3 is 9.64 Å². The number of anilines is 1. The van der Waals surface area contributed by atoms with Gasteiger partial charge in [0, 0.05) is 22.3 Å². The predicted octanol–water partition coefficient (Wildman–Crippen LogP) is 6.69. The van der Waals surface area contributed by atoms with Crippen molar-refractivity contribution in [3.63, 3.8) is 0 Å². The first kappa shape index (κ1) is 17.6. The van der Waals surface area contributed by atoms with Crippen LogP contribution in [-0.4, -0.2) is 12.3 Å². The highest BCUT2D eigenvalue weighted by Crippen LogP contribution is 2.55. The molecule has 28 heavy (non-hydrogen) atoms. The smallest absolute Gasteiger partial charge is 0.212 e. The van der Waals surface area contributed by atoms with Gasteiger partial charge in [-0.25, -0.2) is 0 Å². The number of nitrogens with zero attached hydrogens (tertiary/aromatic N) is 1. The monoisotopic (exact) mass is 431 g/mol. The molecule has 140 valence electrons. The summed E-state index contributed by atoms with van der Waals surface area (Å²) in [5.41, 5.74) is 2.78. The third kappa shape index (κ3) is 2.20. The molecule has 0 N–H and O–H groups in total. The van der Waals surface area contributed by atoms with Crippen molar-refractivity contribution in [3.05, 3.63) is 88.9 Å². The van der Waals surface area contributed by atoms with E-state index in [4.69, 9.17) is 4.74 Å². The fourth-order valence-corrected chi connectivity index (χ4v) is 5.09. The van der Waals surface area contributed by atoms with Gasteiger partial charge >= 0.3 is 0 Å². The molecule has 0 saturated carbocycles. The third-order valence-electron chi connectivity index (χ3n) is 6.20. The Kier molecular flexibility index (Phi) is 3.76. The topological polar surface area (TPSA) is 12.5 Å². The van der Waals surface area contributed by atoms with E-state index >= 15 is 0 Å². The Balaban J connectivity index is 1.73. The van der Waals surface area contributed by atoms with Gasteiger partial charge in [0.2, 0.25) is 5.72 Å². The summed E-state index contributed by atoms with van der Waals surface area (Å²) < 4.78 is 7.95. The highest BCUT2D eigenvalue weighted by Gasteiger charge is 2.58. The van der Waals surface area contributed by atoms with Crippen LogP contribution in [0.5, 0.6) is 5.75 Å². The second kappa shape index (κ2) is 5.99. The summed E-state index contributed by atoms with van der Waals surface area (Å²) in [5.74, 6) is 0.926. The molecule has 2 aliphatic rings. The Morgan fingerprint density at radius 3 is 2.75 bits per heavy atom. The van der Waals surface area contributed by atoms with E-state index in [9.17, 15) is 0 Å². The zero-order chi connectivity index (χ0) is 19.5. The van der Waals surface area contributed by atoms with Crippen LogP contribution in [-0.2, 0) is 5.41 Å². The lowest BCUT2D eigenvalue weighted by molar-refractivity contribution is 0.0557. The molecule has 5 rings (SSSR count). The Bertz CT molecular complexity index is 1150. The van der Waals surface area contributed by atoms with Gasteiger partial charge in [-0.15, -0.1) is 6.58 Å². The molecular weight excluding hydrogens is 410 g/mol. The van der Waals surface area contributed by atoms with Crippen LogP contribution in [0.25, 0.3) is 16.8 Å². The lowest BCUT2D eigenvalue weighted by Gasteiger charge is -2.47. The van der Waals surface area contributed by atoms with Crippen molar-refractivity contribution in [1.82, 2.24) is 0 Å². The molecule has 0 saturated heterocycles. The van der Waals surface area contributed by atoms with Gasteiger partial charge in [-0.3, -0.25) is 0 Å². The van der Waals surface area contributed by atoms with Gasteiger partial charge in [-0.2, -0.15) is 0 Å². The summed E-state index contributed by atoms with van der Waals surface area (Å²) in [5, 5.41) is 2.45. The number of halogens is 1. The van der Waals surface area contributed by atoms with E-state index < -0.39 is 5.72 Å². The molecule has 2 nitrogen and oxygen atoms in total. The zero-order valence-electron chi connectivity index (χ0n) is 16.1. The van der Waals surface area contributed by atoms with Crippen molar-refractivity contribution in [2.45, 2.75) is 25.0 Å². The first-order valence-corrected chi connectivity index (χ1v) is 10.4. The lowest BCUT2D eigenvalue weighted by Crippen LogP contribution is -2.59. The lowest BCUT2D eigenvalue weighted by atomic mass is 9.76. The van der Waals surface area contributed by atoms with Crippen LogP contribution >= 0.6 is 15.9 Å². The van der Waals surface area contributed by atoms with Gasteiger partial charge in [0.1, 0.15) is 5.75 Å². The third-order valence-corrected chi connectivity index (χ3v) is 6.70. The van der Waals surface area contributed by atoms with Gasteiger partial charge in [0.15, 0.2) is 0 Å². The zero-order valence-corrected chi connectivity index (χ0v) is 17.7. The maximum absolute atomic E-state index is 6.87. The minimum Gasteiger partial charge on any atom is -0.463 e. The second-order valence-corrected chi connectivity index (χ2v) is 8.93. The number of benzene rings is 3. The Morgan fingerprint density at radius 2 is 1.93 bits per heavy atom. The molecule has 3 heteroatoms. The maximum Gasteiger partial charge on any atom is 0.212 e. The summed E-state index contributed by atoms with van der Waals surface area (Å²) in [6.45, 7) is 9.23. The predicted molar refractivity (Wildman–Crippen MR) is 121 cm³/mol. The van der Waals surface area contributed by atoms with Crippen molar-refractivity contribution >= 4 is 38.5 Å². The molecular formula is C25H22BrNO. The van der Waals surface area contributed by atoms with E-state index in [-0.39, 0.29) is 5.41 Å². The van der Waals surface area contributed by atoms with Gasteiger partial charge in [0.05, 0.1) is 5.41 Å². The van der Waals surface area contributed by atoms with E-state index in [2.05, 4.69) is 108 Å². The molecule has 0 fully saturated rings. The van der Waals surface area contributed by atoms with Crippen LogP contribution in [0.3, 0.4) is 0 Å². The quantitative estimate of drug-likeness (QED) is 0.419. The molecule has 0 unspecified atom stereocenters. The van der Waals surface area contributed by atoms with Crippen molar-refractivity contribution < 1.29 is 4.74 Å². The van der Waals surface area contributed by atoms with Crippen molar-refractivity contribution in [2.75, 3.05) is 11.4 Å². The molecule has 1 atom stereocenters. The molecule has 0 radical (unpaired) electrons. The minimum atomic E-state index is -0.597. The van der Waals surface area contributed by atoms with E-state index in [1.807, 2.05) is 6.08 Å². The van der Waals surface area contributed by atoms with Crippen LogP contribution in [0.1, 0.15) is 25.0 Å². The van der Waals surface area contributed by atoms with E-state index in [1.165, 1.54) is 22.0 Å². The molecule has 1 spiro atoms. The molecule has 2 heterocycles. The number of ether oxygens (including phenoxy) is 1. The first-order valence-electron chi connectivity index (χ1n) is 9.56. The molecule has 0 aliphatic carbocycles. The Morgan fingerprint density at radius 1 is 1.11 bits per heavy atom. The number of fused-ring (bicyclic) bond motifs is 4. The first-order chi connectivity index (χ1) is 13.5. The van der Waals surface area contributed by atoms with Crippen molar-refractivity contribution in [2.24, 2.45) is 0 Å². The average molecular weight is 432 g/mol. The SMILES string of the molecule is C=CCN1c2ccc(Br)cc2C(C)(C)[C@]12C=Cc1c(ccc3ccccc13)O2. The molecule has 0 amide bonds. The highest BCUT2D eigenvalue weighted by molar-refractivity contribution is 9.10. The molecule has 0 aromatic heterocycles. The van der Waals surface area contributed by atoms with E-state index in [0.717, 1.165) is 15.8 Å². The number of hydrogen-bond acceptors (Lipinski definition) is 2. The fraction of sp³-hybridized carbons (Fsp3) is 0.200. The van der Waals surface area contributed by atoms with E-state index in [0.29, 0.717) is 6.54 Å². The van der Waals surface area contributed by atoms with Gasteiger partial charge in [0.25, 0.3) is 0 Å². The summed E-state index contributed by atoms with van der Waals surface area (Å²) in [4.78, 5) is 2.33. The minimum absolute atomic E-state index is 0.241. The normalized spacial score (nSPS) is 21.5. The number of hydrogen-bond donors (Lipinski definition) is 0. The van der Waals surface area contributed by atoms with Crippen LogP contribution in [0.15, 0.2) is 77.8 Å². The Labute approximate surface area is 174 Å². The average Bonchev–Trinajstić information content (AvgIpc) is 2.86. The van der Waals surface area contributed by atoms with Crippen LogP contribution in [0, 0.1) is 0 Å². The Hall–Kier alpha value is -2.52. The summed E-state index contributed by atoms with van der Waals surface area (Å²) in [6.07, 6.45) is 6.42. The van der Waals surface area contributed by atoms with Crippen molar-refractivity contribution in [3.8, 4) is 5.75 Å². The highest BCUT2D eigenvalue weighted by atomic mass is 79.9. The number of rotatable bonds is 2. The molecule has 0 bridgehead atoms. The van der Waals surface area contributed by atoms with Crippen LogP contribution < -0.4 is 9.64 Å². The standard InChI is InChI=1S/C25H22BrNO/c1-4-15-27-22-11-10-18(26)16-21(22)24(2,3)25(27)14-13-20-19-8-6-5-7-17(19)9-12-23(20)28-25/h4-14,16H,1,15H2,2-3H3/t25-/m1/s1. The van der Waals surface area contributed by atoms with Gasteiger partial charge in [-0.1, -0.05) is 52.3 Å². The van der Waals surface area contributed by atoms with E-state index in [1.54, 1.807) is 0 Å². The molecule has 3 aromatic carbocycles. The summed E-state index contributed by atoms with van der Waals surface area (Å²) in [6, 6.07) is 19.2.